The minimum absolute atomic E-state index is 0.0589. The zero-order valence-corrected chi connectivity index (χ0v) is 9.63. The van der Waals surface area contributed by atoms with E-state index in [9.17, 15) is 14.4 Å². The van der Waals surface area contributed by atoms with Crippen LogP contribution in [0.1, 0.15) is 12.0 Å². The standard InChI is InChI=1S/C12H14N2O4/c13-10(15)7-9(12(17)18)14-11(16)6-8-4-2-1-3-5-8/h1-5,9H,6-7H2,(H2,13,15)(H,14,16)(H,17,18)/t9-/m0/s1. The first-order chi connectivity index (χ1) is 8.49. The molecule has 18 heavy (non-hydrogen) atoms. The Bertz CT molecular complexity index is 445. The average Bonchev–Trinajstić information content (AvgIpc) is 2.28. The van der Waals surface area contributed by atoms with Gasteiger partial charge < -0.3 is 16.2 Å². The van der Waals surface area contributed by atoms with Crippen LogP contribution in [0.15, 0.2) is 30.3 Å². The molecule has 4 N–H and O–H groups in total. The number of carboxylic acids is 1. The minimum Gasteiger partial charge on any atom is -0.480 e. The summed E-state index contributed by atoms with van der Waals surface area (Å²) in [7, 11) is 0. The molecule has 1 aromatic carbocycles. The highest BCUT2D eigenvalue weighted by molar-refractivity contribution is 5.88. The van der Waals surface area contributed by atoms with Gasteiger partial charge in [-0.2, -0.15) is 0 Å². The van der Waals surface area contributed by atoms with Gasteiger partial charge in [-0.25, -0.2) is 4.79 Å². The lowest BCUT2D eigenvalue weighted by Crippen LogP contribution is -2.43. The Morgan fingerprint density at radius 2 is 1.83 bits per heavy atom. The number of carboxylic acid groups (broad SMARTS) is 1. The smallest absolute Gasteiger partial charge is 0.326 e. The summed E-state index contributed by atoms with van der Waals surface area (Å²) in [5, 5.41) is 11.1. The number of carbonyl (C=O) groups excluding carboxylic acids is 2. The monoisotopic (exact) mass is 250 g/mol. The van der Waals surface area contributed by atoms with Crippen molar-refractivity contribution in [2.45, 2.75) is 18.9 Å². The Morgan fingerprint density at radius 3 is 2.33 bits per heavy atom. The Balaban J connectivity index is 2.56. The van der Waals surface area contributed by atoms with Crippen LogP contribution in [0.25, 0.3) is 0 Å². The Labute approximate surface area is 104 Å². The molecule has 6 heteroatoms. The van der Waals surface area contributed by atoms with Gasteiger partial charge in [0, 0.05) is 0 Å². The van der Waals surface area contributed by atoms with Gasteiger partial charge >= 0.3 is 5.97 Å². The molecule has 0 radical (unpaired) electrons. The maximum atomic E-state index is 11.6. The van der Waals surface area contributed by atoms with Crippen molar-refractivity contribution in [2.24, 2.45) is 5.73 Å². The number of amides is 2. The van der Waals surface area contributed by atoms with Crippen LogP contribution in [0, 0.1) is 0 Å². The van der Waals surface area contributed by atoms with Crippen molar-refractivity contribution in [3.8, 4) is 0 Å². The zero-order valence-electron chi connectivity index (χ0n) is 9.63. The number of primary amides is 1. The van der Waals surface area contributed by atoms with Gasteiger partial charge in [-0.05, 0) is 5.56 Å². The van der Waals surface area contributed by atoms with Crippen LogP contribution in [0.2, 0.25) is 0 Å². The number of rotatable bonds is 6. The van der Waals surface area contributed by atoms with E-state index in [1.807, 2.05) is 6.07 Å². The molecule has 0 saturated carbocycles. The van der Waals surface area contributed by atoms with E-state index in [4.69, 9.17) is 10.8 Å². The van der Waals surface area contributed by atoms with Gasteiger partial charge in [0.2, 0.25) is 11.8 Å². The van der Waals surface area contributed by atoms with Gasteiger partial charge in [-0.1, -0.05) is 30.3 Å². The Hall–Kier alpha value is -2.37. The quantitative estimate of drug-likeness (QED) is 0.642. The van der Waals surface area contributed by atoms with Crippen molar-refractivity contribution in [1.29, 1.82) is 0 Å². The van der Waals surface area contributed by atoms with E-state index in [0.29, 0.717) is 0 Å². The van der Waals surface area contributed by atoms with Gasteiger partial charge in [0.15, 0.2) is 0 Å². The topological polar surface area (TPSA) is 109 Å². The van der Waals surface area contributed by atoms with Crippen molar-refractivity contribution in [2.75, 3.05) is 0 Å². The predicted molar refractivity (Wildman–Crippen MR) is 63.5 cm³/mol. The number of aliphatic carboxylic acids is 1. The third-order valence-corrected chi connectivity index (χ3v) is 2.25. The fourth-order valence-corrected chi connectivity index (χ4v) is 1.43. The lowest BCUT2D eigenvalue weighted by Gasteiger charge is -2.12. The van der Waals surface area contributed by atoms with E-state index in [0.717, 1.165) is 5.56 Å². The van der Waals surface area contributed by atoms with Crippen LogP contribution < -0.4 is 11.1 Å². The number of hydrogen-bond donors (Lipinski definition) is 3. The summed E-state index contributed by atoms with van der Waals surface area (Å²) in [6.07, 6.45) is -0.362. The molecule has 0 spiro atoms. The molecule has 0 fully saturated rings. The second-order valence-corrected chi connectivity index (χ2v) is 3.79. The van der Waals surface area contributed by atoms with Crippen molar-refractivity contribution in [3.63, 3.8) is 0 Å². The highest BCUT2D eigenvalue weighted by Gasteiger charge is 2.21. The predicted octanol–water partition coefficient (Wildman–Crippen LogP) is -0.326. The van der Waals surface area contributed by atoms with Gasteiger partial charge in [-0.3, -0.25) is 9.59 Å². The molecule has 0 aliphatic carbocycles. The van der Waals surface area contributed by atoms with Crippen LogP contribution in [-0.2, 0) is 20.8 Å². The zero-order chi connectivity index (χ0) is 13.5. The number of carbonyl (C=O) groups is 3. The molecule has 6 nitrogen and oxygen atoms in total. The first-order valence-electron chi connectivity index (χ1n) is 5.33. The highest BCUT2D eigenvalue weighted by atomic mass is 16.4. The van der Waals surface area contributed by atoms with E-state index in [1.165, 1.54) is 0 Å². The molecular formula is C12H14N2O4. The van der Waals surface area contributed by atoms with Gasteiger partial charge in [0.1, 0.15) is 6.04 Å². The summed E-state index contributed by atoms with van der Waals surface area (Å²) >= 11 is 0. The van der Waals surface area contributed by atoms with Gasteiger partial charge in [-0.15, -0.1) is 0 Å². The summed E-state index contributed by atoms with van der Waals surface area (Å²) in [6.45, 7) is 0. The second kappa shape index (κ2) is 6.39. The second-order valence-electron chi connectivity index (χ2n) is 3.79. The van der Waals surface area contributed by atoms with Crippen LogP contribution in [-0.4, -0.2) is 28.9 Å². The molecule has 0 aliphatic rings. The third kappa shape index (κ3) is 4.65. The maximum absolute atomic E-state index is 11.6. The van der Waals surface area contributed by atoms with Crippen molar-refractivity contribution < 1.29 is 19.5 Å². The van der Waals surface area contributed by atoms with Gasteiger partial charge in [0.05, 0.1) is 12.8 Å². The fraction of sp³-hybridized carbons (Fsp3) is 0.250. The molecular weight excluding hydrogens is 236 g/mol. The summed E-state index contributed by atoms with van der Waals surface area (Å²) in [5.74, 6) is -2.52. The van der Waals surface area contributed by atoms with Crippen LogP contribution >= 0.6 is 0 Å². The first kappa shape index (κ1) is 13.7. The largest absolute Gasteiger partial charge is 0.480 e. The molecule has 1 atom stereocenters. The molecule has 0 bridgehead atoms. The SMILES string of the molecule is NC(=O)C[C@H](NC(=O)Cc1ccccc1)C(=O)O. The van der Waals surface area contributed by atoms with Crippen LogP contribution in [0.4, 0.5) is 0 Å². The summed E-state index contributed by atoms with van der Waals surface area (Å²) in [4.78, 5) is 33.0. The van der Waals surface area contributed by atoms with E-state index in [2.05, 4.69) is 5.32 Å². The van der Waals surface area contributed by atoms with Crippen LogP contribution in [0.3, 0.4) is 0 Å². The van der Waals surface area contributed by atoms with Crippen molar-refractivity contribution in [3.05, 3.63) is 35.9 Å². The molecule has 96 valence electrons. The minimum atomic E-state index is -1.28. The lowest BCUT2D eigenvalue weighted by atomic mass is 10.1. The molecule has 0 aromatic heterocycles. The third-order valence-electron chi connectivity index (χ3n) is 2.25. The van der Waals surface area contributed by atoms with E-state index >= 15 is 0 Å². The number of hydrogen-bond acceptors (Lipinski definition) is 3. The number of nitrogens with one attached hydrogen (secondary N) is 1. The van der Waals surface area contributed by atoms with Crippen molar-refractivity contribution >= 4 is 17.8 Å². The summed E-state index contributed by atoms with van der Waals surface area (Å²) < 4.78 is 0. The molecule has 0 heterocycles. The van der Waals surface area contributed by atoms with E-state index < -0.39 is 30.2 Å². The molecule has 1 aromatic rings. The maximum Gasteiger partial charge on any atom is 0.326 e. The van der Waals surface area contributed by atoms with Crippen molar-refractivity contribution in [1.82, 2.24) is 5.32 Å². The first-order valence-corrected chi connectivity index (χ1v) is 5.33. The summed E-state index contributed by atoms with van der Waals surface area (Å²) in [6, 6.07) is 7.60. The number of benzene rings is 1. The average molecular weight is 250 g/mol. The van der Waals surface area contributed by atoms with E-state index in [-0.39, 0.29) is 6.42 Å². The molecule has 0 aliphatic heterocycles. The Kier molecular flexibility index (Phi) is 4.86. The molecule has 0 saturated heterocycles. The lowest BCUT2D eigenvalue weighted by molar-refractivity contribution is -0.143. The molecule has 0 unspecified atom stereocenters. The van der Waals surface area contributed by atoms with Gasteiger partial charge in [0.25, 0.3) is 0 Å². The fourth-order valence-electron chi connectivity index (χ4n) is 1.43. The highest BCUT2D eigenvalue weighted by Crippen LogP contribution is 2.00. The van der Waals surface area contributed by atoms with Crippen LogP contribution in [0.5, 0.6) is 0 Å². The normalized spacial score (nSPS) is 11.6. The molecule has 1 rings (SSSR count). The van der Waals surface area contributed by atoms with E-state index in [1.54, 1.807) is 24.3 Å². The Morgan fingerprint density at radius 1 is 1.22 bits per heavy atom. The number of nitrogens with two attached hydrogens (primary N) is 1. The summed E-state index contributed by atoms with van der Waals surface area (Å²) in [5.41, 5.74) is 5.67. The molecule has 2 amide bonds.